The van der Waals surface area contributed by atoms with Gasteiger partial charge in [0.1, 0.15) is 15.3 Å². The van der Waals surface area contributed by atoms with E-state index in [1.807, 2.05) is 0 Å². The molecule has 0 aromatic carbocycles. The maximum Gasteiger partial charge on any atom is 0.240 e. The number of nitriles is 1. The van der Waals surface area contributed by atoms with Crippen molar-refractivity contribution >= 4 is 15.7 Å². The van der Waals surface area contributed by atoms with Gasteiger partial charge in [-0.15, -0.1) is 0 Å². The number of nitrogens with one attached hydrogen (secondary N) is 1. The average Bonchev–Trinajstić information content (AvgIpc) is 2.72. The van der Waals surface area contributed by atoms with Crippen molar-refractivity contribution in [1.82, 2.24) is 5.32 Å². The van der Waals surface area contributed by atoms with Crippen LogP contribution >= 0.6 is 0 Å². The van der Waals surface area contributed by atoms with Crippen molar-refractivity contribution in [2.45, 2.75) is 32.1 Å². The number of rotatable bonds is 5. The lowest BCUT2D eigenvalue weighted by Gasteiger charge is -2.18. The van der Waals surface area contributed by atoms with Crippen LogP contribution in [0.5, 0.6) is 0 Å². The summed E-state index contributed by atoms with van der Waals surface area (Å²) in [4.78, 5) is 11.8. The fraction of sp³-hybridized carbons (Fsp3) is 0.818. The van der Waals surface area contributed by atoms with E-state index in [4.69, 9.17) is 5.26 Å². The summed E-state index contributed by atoms with van der Waals surface area (Å²) in [6.07, 6.45) is 4.60. The van der Waals surface area contributed by atoms with Gasteiger partial charge < -0.3 is 5.32 Å². The molecule has 1 fully saturated rings. The monoisotopic (exact) mass is 258 g/mol. The summed E-state index contributed by atoms with van der Waals surface area (Å²) in [6.45, 7) is 0.315. The SMILES string of the molecule is CS(=O)(=O)CCCNC(=O)C1(C#N)CCCC1. The van der Waals surface area contributed by atoms with Crippen LogP contribution in [0.2, 0.25) is 0 Å². The summed E-state index contributed by atoms with van der Waals surface area (Å²) in [5.41, 5.74) is -0.870. The van der Waals surface area contributed by atoms with Crippen LogP contribution in [-0.2, 0) is 14.6 Å². The van der Waals surface area contributed by atoms with E-state index in [0.717, 1.165) is 12.8 Å². The quantitative estimate of drug-likeness (QED) is 0.732. The first-order valence-electron chi connectivity index (χ1n) is 5.77. The Morgan fingerprint density at radius 2 is 2.00 bits per heavy atom. The van der Waals surface area contributed by atoms with Crippen molar-refractivity contribution < 1.29 is 13.2 Å². The minimum atomic E-state index is -2.98. The Balaban J connectivity index is 2.37. The van der Waals surface area contributed by atoms with Crippen LogP contribution in [-0.4, -0.2) is 32.9 Å². The van der Waals surface area contributed by atoms with Gasteiger partial charge in [0.2, 0.25) is 5.91 Å². The van der Waals surface area contributed by atoms with Crippen LogP contribution in [0.25, 0.3) is 0 Å². The van der Waals surface area contributed by atoms with Crippen molar-refractivity contribution in [1.29, 1.82) is 5.26 Å². The first-order chi connectivity index (χ1) is 7.90. The molecule has 1 amide bonds. The molecule has 1 N–H and O–H groups in total. The lowest BCUT2D eigenvalue weighted by atomic mass is 9.87. The molecule has 5 nitrogen and oxygen atoms in total. The highest BCUT2D eigenvalue weighted by atomic mass is 32.2. The second-order valence-corrected chi connectivity index (χ2v) is 6.90. The zero-order valence-corrected chi connectivity index (χ0v) is 10.8. The third-order valence-electron chi connectivity index (χ3n) is 3.08. The van der Waals surface area contributed by atoms with Gasteiger partial charge in [-0.25, -0.2) is 8.42 Å². The lowest BCUT2D eigenvalue weighted by Crippen LogP contribution is -2.39. The third-order valence-corrected chi connectivity index (χ3v) is 4.11. The van der Waals surface area contributed by atoms with E-state index < -0.39 is 15.3 Å². The standard InChI is InChI=1S/C11H18N2O3S/c1-17(15,16)8-4-7-13-10(14)11(9-12)5-2-3-6-11/h2-8H2,1H3,(H,13,14). The van der Waals surface area contributed by atoms with Crippen molar-refractivity contribution in [2.24, 2.45) is 5.41 Å². The third kappa shape index (κ3) is 4.00. The highest BCUT2D eigenvalue weighted by Crippen LogP contribution is 2.37. The summed E-state index contributed by atoms with van der Waals surface area (Å²) in [5.74, 6) is -0.182. The molecule has 0 saturated heterocycles. The van der Waals surface area contributed by atoms with Crippen molar-refractivity contribution in [3.8, 4) is 6.07 Å². The first-order valence-corrected chi connectivity index (χ1v) is 7.83. The van der Waals surface area contributed by atoms with E-state index in [1.54, 1.807) is 0 Å². The highest BCUT2D eigenvalue weighted by Gasteiger charge is 2.41. The molecule has 1 saturated carbocycles. The number of amides is 1. The van der Waals surface area contributed by atoms with Crippen LogP contribution in [0.15, 0.2) is 0 Å². The van der Waals surface area contributed by atoms with Gasteiger partial charge in [-0.1, -0.05) is 12.8 Å². The smallest absolute Gasteiger partial charge is 0.240 e. The van der Waals surface area contributed by atoms with Gasteiger partial charge in [0, 0.05) is 12.8 Å². The Morgan fingerprint density at radius 3 is 2.47 bits per heavy atom. The number of nitrogens with zero attached hydrogens (tertiary/aromatic N) is 1. The molecule has 6 heteroatoms. The lowest BCUT2D eigenvalue weighted by molar-refractivity contribution is -0.127. The summed E-state index contributed by atoms with van der Waals surface area (Å²) in [6, 6.07) is 2.10. The molecule has 1 aliphatic carbocycles. The fourth-order valence-electron chi connectivity index (χ4n) is 2.07. The number of hydrogen-bond acceptors (Lipinski definition) is 4. The van der Waals surface area contributed by atoms with E-state index >= 15 is 0 Å². The number of carbonyl (C=O) groups is 1. The number of carbonyl (C=O) groups excluding carboxylic acids is 1. The van der Waals surface area contributed by atoms with E-state index in [1.165, 1.54) is 6.26 Å². The second kappa shape index (κ2) is 5.50. The number of hydrogen-bond donors (Lipinski definition) is 1. The van der Waals surface area contributed by atoms with Crippen molar-refractivity contribution in [2.75, 3.05) is 18.6 Å². The molecular formula is C11H18N2O3S. The summed E-state index contributed by atoms with van der Waals surface area (Å²) in [5, 5.41) is 11.7. The second-order valence-electron chi connectivity index (χ2n) is 4.64. The topological polar surface area (TPSA) is 87.0 Å². The molecule has 0 unspecified atom stereocenters. The van der Waals surface area contributed by atoms with E-state index in [9.17, 15) is 13.2 Å². The Hall–Kier alpha value is -1.09. The van der Waals surface area contributed by atoms with Crippen LogP contribution in [0, 0.1) is 16.7 Å². The minimum Gasteiger partial charge on any atom is -0.355 e. The van der Waals surface area contributed by atoms with Gasteiger partial charge in [0.25, 0.3) is 0 Å². The molecule has 17 heavy (non-hydrogen) atoms. The van der Waals surface area contributed by atoms with Gasteiger partial charge in [0.15, 0.2) is 0 Å². The van der Waals surface area contributed by atoms with Crippen LogP contribution < -0.4 is 5.32 Å². The maximum atomic E-state index is 11.8. The van der Waals surface area contributed by atoms with Crippen LogP contribution in [0.1, 0.15) is 32.1 Å². The Labute approximate surface area is 102 Å². The Bertz CT molecular complexity index is 416. The largest absolute Gasteiger partial charge is 0.355 e. The van der Waals surface area contributed by atoms with Gasteiger partial charge in [-0.3, -0.25) is 4.79 Å². The molecule has 0 radical (unpaired) electrons. The minimum absolute atomic E-state index is 0.0623. The van der Waals surface area contributed by atoms with Crippen LogP contribution in [0.4, 0.5) is 0 Å². The predicted octanol–water partition coefficient (Wildman–Crippen LogP) is 0.621. The normalized spacial score (nSPS) is 18.6. The summed E-state index contributed by atoms with van der Waals surface area (Å²) < 4.78 is 21.8. The van der Waals surface area contributed by atoms with Gasteiger partial charge >= 0.3 is 0 Å². The molecule has 1 aliphatic rings. The zero-order valence-electron chi connectivity index (χ0n) is 10.0. The predicted molar refractivity (Wildman–Crippen MR) is 63.9 cm³/mol. The molecule has 0 spiro atoms. The Kier molecular flexibility index (Phi) is 4.52. The molecule has 0 aromatic rings. The summed E-state index contributed by atoms with van der Waals surface area (Å²) >= 11 is 0. The molecule has 0 aliphatic heterocycles. The van der Waals surface area contributed by atoms with Gasteiger partial charge in [-0.2, -0.15) is 5.26 Å². The molecule has 0 bridgehead atoms. The van der Waals surface area contributed by atoms with Crippen LogP contribution in [0.3, 0.4) is 0 Å². The zero-order chi connectivity index (χ0) is 12.9. The molecular weight excluding hydrogens is 240 g/mol. The fourth-order valence-corrected chi connectivity index (χ4v) is 2.74. The molecule has 0 atom stereocenters. The van der Waals surface area contributed by atoms with E-state index in [2.05, 4.69) is 11.4 Å². The van der Waals surface area contributed by atoms with Crippen molar-refractivity contribution in [3.05, 3.63) is 0 Å². The van der Waals surface area contributed by atoms with E-state index in [0.29, 0.717) is 25.8 Å². The maximum absolute atomic E-state index is 11.8. The molecule has 0 aromatic heterocycles. The molecule has 1 rings (SSSR count). The molecule has 0 heterocycles. The van der Waals surface area contributed by atoms with Gasteiger partial charge in [-0.05, 0) is 19.3 Å². The molecule has 96 valence electrons. The van der Waals surface area contributed by atoms with Gasteiger partial charge in [0.05, 0.1) is 11.8 Å². The summed E-state index contributed by atoms with van der Waals surface area (Å²) in [7, 11) is -2.98. The highest BCUT2D eigenvalue weighted by molar-refractivity contribution is 7.90. The van der Waals surface area contributed by atoms with Crippen molar-refractivity contribution in [3.63, 3.8) is 0 Å². The van der Waals surface area contributed by atoms with E-state index in [-0.39, 0.29) is 11.7 Å². The average molecular weight is 258 g/mol. The Morgan fingerprint density at radius 1 is 1.41 bits per heavy atom. The first kappa shape index (κ1) is 14.0. The number of sulfone groups is 1.